The van der Waals surface area contributed by atoms with Crippen LogP contribution in [0.25, 0.3) is 0 Å². The Morgan fingerprint density at radius 2 is 2.23 bits per heavy atom. The van der Waals surface area contributed by atoms with E-state index in [4.69, 9.17) is 24.9 Å². The first-order chi connectivity index (χ1) is 10.7. The molecule has 0 aromatic carbocycles. The Morgan fingerprint density at radius 1 is 1.45 bits per heavy atom. The standard InChI is InChI=1S/C14H22NO5P.W/c1-2-3-4-5-9-18-21(19-10-6-8-15)20-12-14-13(16)7-11-17-14;/h2-4,13-14,16H,1,5-7,9-12H2;/b4-3+;/i11T;. The maximum atomic E-state index is 9.70. The van der Waals surface area contributed by atoms with E-state index >= 15 is 0 Å². The van der Waals surface area contributed by atoms with Gasteiger partial charge in [-0.3, -0.25) is 0 Å². The average Bonchev–Trinajstić information content (AvgIpc) is 2.82. The molecule has 0 radical (unpaired) electrons. The van der Waals surface area contributed by atoms with Crippen molar-refractivity contribution < 1.29 is 45.9 Å². The predicted octanol–water partition coefficient (Wildman–Crippen LogP) is 2.46. The first kappa shape index (κ1) is 19.9. The van der Waals surface area contributed by atoms with Crippen molar-refractivity contribution >= 4 is 8.60 Å². The van der Waals surface area contributed by atoms with E-state index in [0.717, 1.165) is 0 Å². The van der Waals surface area contributed by atoms with Gasteiger partial charge < -0.3 is 23.4 Å². The molecular weight excluding hydrogens is 477 g/mol. The van der Waals surface area contributed by atoms with Crippen LogP contribution in [0.5, 0.6) is 0 Å². The number of rotatable bonds is 11. The zero-order valence-electron chi connectivity index (χ0n) is 13.3. The number of hydrogen-bond donors (Lipinski definition) is 1. The summed E-state index contributed by atoms with van der Waals surface area (Å²) in [5.74, 6) is 0. The Kier molecular flexibility index (Phi) is 13.1. The molecule has 0 bridgehead atoms. The second-order valence-electron chi connectivity index (χ2n) is 4.19. The van der Waals surface area contributed by atoms with Crippen molar-refractivity contribution in [2.45, 2.75) is 31.5 Å². The molecule has 22 heavy (non-hydrogen) atoms. The van der Waals surface area contributed by atoms with Gasteiger partial charge in [-0.2, -0.15) is 5.26 Å². The summed E-state index contributed by atoms with van der Waals surface area (Å²) in [7, 11) is -1.61. The van der Waals surface area contributed by atoms with Gasteiger partial charge in [0.25, 0.3) is 0 Å². The summed E-state index contributed by atoms with van der Waals surface area (Å²) in [4.78, 5) is 0. The van der Waals surface area contributed by atoms with Crippen LogP contribution >= 0.6 is 8.60 Å². The van der Waals surface area contributed by atoms with E-state index in [9.17, 15) is 5.11 Å². The fourth-order valence-electron chi connectivity index (χ4n) is 1.47. The summed E-state index contributed by atoms with van der Waals surface area (Å²) in [6.45, 7) is 3.58. The van der Waals surface area contributed by atoms with Gasteiger partial charge in [0.15, 0.2) is 0 Å². The van der Waals surface area contributed by atoms with Crippen molar-refractivity contribution in [3.8, 4) is 6.07 Å². The van der Waals surface area contributed by atoms with Gasteiger partial charge in [0.2, 0.25) is 0 Å². The summed E-state index contributed by atoms with van der Waals surface area (Å²) in [5.41, 5.74) is 0. The molecule has 0 aliphatic carbocycles. The Balaban J connectivity index is 0.00000484. The van der Waals surface area contributed by atoms with Crippen LogP contribution in [0.3, 0.4) is 0 Å². The third kappa shape index (κ3) is 9.81. The topological polar surface area (TPSA) is 80.9 Å². The summed E-state index contributed by atoms with van der Waals surface area (Å²) in [5, 5.41) is 18.2. The van der Waals surface area contributed by atoms with Gasteiger partial charge in [-0.05, 0) is 12.8 Å². The summed E-state index contributed by atoms with van der Waals surface area (Å²) in [6, 6.07) is 1.98. The Bertz CT molecular complexity index is 396. The summed E-state index contributed by atoms with van der Waals surface area (Å²) in [6.07, 6.45) is 5.36. The molecule has 1 aliphatic rings. The molecule has 1 fully saturated rings. The molecule has 0 aromatic rings. The molecule has 0 saturated carbocycles. The third-order valence-corrected chi connectivity index (χ3v) is 3.69. The fraction of sp³-hybridized carbons (Fsp3) is 0.643. The quantitative estimate of drug-likeness (QED) is 0.266. The predicted molar refractivity (Wildman–Crippen MR) is 79.3 cm³/mol. The molecule has 4 unspecified atom stereocenters. The first-order valence-electron chi connectivity index (χ1n) is 7.34. The van der Waals surface area contributed by atoms with Crippen LogP contribution in [0, 0.1) is 11.3 Å². The van der Waals surface area contributed by atoms with Crippen molar-refractivity contribution in [2.24, 2.45) is 0 Å². The minimum absolute atomic E-state index is 0. The SMILES string of the molecule is [3H]C1CC(O)C(COP(OCCC#N)OCC/C=C/C=C)O1.[W]. The summed E-state index contributed by atoms with van der Waals surface area (Å²) >= 11 is 0. The molecule has 1 aliphatic heterocycles. The van der Waals surface area contributed by atoms with Gasteiger partial charge in [-0.15, -0.1) is 0 Å². The normalized spacial score (nSPS) is 26.2. The second kappa shape index (κ2) is 14.5. The molecule has 0 aromatic heterocycles. The van der Waals surface area contributed by atoms with Gasteiger partial charge in [-0.25, -0.2) is 0 Å². The van der Waals surface area contributed by atoms with E-state index in [-0.39, 0.29) is 47.1 Å². The number of aliphatic hydroxyl groups is 1. The molecule has 1 saturated heterocycles. The molecule has 0 spiro atoms. The number of aliphatic hydroxyl groups excluding tert-OH is 1. The number of hydrogen-bond acceptors (Lipinski definition) is 6. The van der Waals surface area contributed by atoms with Crippen LogP contribution in [-0.4, -0.2) is 43.7 Å². The zero-order chi connectivity index (χ0) is 16.2. The van der Waals surface area contributed by atoms with Gasteiger partial charge in [0.05, 0.1) is 39.8 Å². The second-order valence-corrected chi connectivity index (χ2v) is 5.41. The molecule has 1 heterocycles. The van der Waals surface area contributed by atoms with Crippen LogP contribution in [0.1, 0.15) is 20.6 Å². The number of allylic oxidation sites excluding steroid dienone is 2. The minimum atomic E-state index is -1.61. The number of ether oxygens (including phenoxy) is 1. The van der Waals surface area contributed by atoms with Crippen molar-refractivity contribution in [1.82, 2.24) is 0 Å². The maximum Gasteiger partial charge on any atom is 0.332 e. The van der Waals surface area contributed by atoms with Crippen LogP contribution in [0.15, 0.2) is 24.8 Å². The van der Waals surface area contributed by atoms with Gasteiger partial charge in [0.1, 0.15) is 6.10 Å². The molecule has 124 valence electrons. The molecule has 6 nitrogen and oxygen atoms in total. The molecule has 4 atom stereocenters. The minimum Gasteiger partial charge on any atom is -0.390 e. The van der Waals surface area contributed by atoms with E-state index in [1.165, 1.54) is 0 Å². The largest absolute Gasteiger partial charge is 0.390 e. The monoisotopic (exact) mass is 501 g/mol. The van der Waals surface area contributed by atoms with E-state index < -0.39 is 27.4 Å². The van der Waals surface area contributed by atoms with Crippen molar-refractivity contribution in [3.05, 3.63) is 24.8 Å². The Morgan fingerprint density at radius 3 is 2.86 bits per heavy atom. The third-order valence-electron chi connectivity index (χ3n) is 2.55. The van der Waals surface area contributed by atoms with Crippen LogP contribution in [-0.2, 0) is 39.4 Å². The summed E-state index contributed by atoms with van der Waals surface area (Å²) < 4.78 is 29.0. The van der Waals surface area contributed by atoms with Crippen LogP contribution in [0.2, 0.25) is 0 Å². The van der Waals surface area contributed by atoms with Crippen molar-refractivity contribution in [1.29, 1.82) is 5.26 Å². The number of nitriles is 1. The van der Waals surface area contributed by atoms with E-state index in [1.807, 2.05) is 18.2 Å². The van der Waals surface area contributed by atoms with Crippen molar-refractivity contribution in [2.75, 3.05) is 26.4 Å². The Labute approximate surface area is 148 Å². The fourth-order valence-corrected chi connectivity index (χ4v) is 2.46. The maximum absolute atomic E-state index is 9.70. The average molecular weight is 501 g/mol. The Hall–Kier alpha value is -0.112. The van der Waals surface area contributed by atoms with Gasteiger partial charge in [0, 0.05) is 27.6 Å². The molecular formula is C14H22NO5PW. The number of nitrogens with zero attached hydrogens (tertiary/aromatic N) is 1. The molecule has 8 heteroatoms. The van der Waals surface area contributed by atoms with Crippen molar-refractivity contribution in [3.63, 3.8) is 0 Å². The smallest absolute Gasteiger partial charge is 0.332 e. The van der Waals surface area contributed by atoms with Crippen LogP contribution < -0.4 is 0 Å². The molecule has 1 N–H and O–H groups in total. The molecule has 1 rings (SSSR count). The zero-order valence-corrected chi connectivity index (χ0v) is 16.1. The first-order valence-corrected chi connectivity index (χ1v) is 7.86. The van der Waals surface area contributed by atoms with E-state index in [2.05, 4.69) is 6.58 Å². The van der Waals surface area contributed by atoms with Gasteiger partial charge in [-0.1, -0.05) is 24.8 Å². The van der Waals surface area contributed by atoms with Gasteiger partial charge >= 0.3 is 8.60 Å². The molecule has 0 amide bonds. The van der Waals surface area contributed by atoms with Crippen LogP contribution in [0.4, 0.5) is 0 Å². The van der Waals surface area contributed by atoms with E-state index in [1.54, 1.807) is 6.08 Å². The van der Waals surface area contributed by atoms with E-state index in [0.29, 0.717) is 13.0 Å².